The largest absolute Gasteiger partial charge is 0.452 e. The topological polar surface area (TPSA) is 53.7 Å². The first-order valence-electron chi connectivity index (χ1n) is 6.53. The van der Waals surface area contributed by atoms with Crippen molar-refractivity contribution in [3.63, 3.8) is 0 Å². The molecule has 0 unspecified atom stereocenters. The Bertz CT molecular complexity index is 672. The van der Waals surface area contributed by atoms with E-state index >= 15 is 0 Å². The first-order valence-corrected chi connectivity index (χ1v) is 6.91. The van der Waals surface area contributed by atoms with Gasteiger partial charge in [-0.1, -0.05) is 12.1 Å². The third-order valence-corrected chi connectivity index (χ3v) is 3.91. The van der Waals surface area contributed by atoms with E-state index in [0.717, 1.165) is 0 Å². The van der Waals surface area contributed by atoms with Crippen LogP contribution in [0, 0.1) is 5.82 Å². The van der Waals surface area contributed by atoms with Crippen molar-refractivity contribution in [2.75, 3.05) is 6.54 Å². The predicted octanol–water partition coefficient (Wildman–Crippen LogP) is 3.02. The zero-order chi connectivity index (χ0) is 15.0. The van der Waals surface area contributed by atoms with Gasteiger partial charge in [-0.3, -0.25) is 4.79 Å². The molecule has 1 aromatic carbocycles. The van der Waals surface area contributed by atoms with Gasteiger partial charge < -0.3 is 14.4 Å². The Balaban J connectivity index is 1.93. The molecule has 1 N–H and O–H groups in total. The summed E-state index contributed by atoms with van der Waals surface area (Å²) in [7, 11) is 0. The second-order valence-corrected chi connectivity index (χ2v) is 5.37. The number of benzene rings is 1. The highest BCUT2D eigenvalue weighted by Gasteiger charge is 2.36. The maximum Gasteiger partial charge on any atom is 0.259 e. The SMILES string of the molecule is O=C(c1ccoc1Cl)N1C[C@H](O)C[C@H]1c1cccc(F)c1. The van der Waals surface area contributed by atoms with Gasteiger partial charge in [0.2, 0.25) is 5.22 Å². The summed E-state index contributed by atoms with van der Waals surface area (Å²) in [5.41, 5.74) is 0.895. The lowest BCUT2D eigenvalue weighted by Crippen LogP contribution is -2.31. The lowest BCUT2D eigenvalue weighted by molar-refractivity contribution is 0.0715. The van der Waals surface area contributed by atoms with Gasteiger partial charge in [-0.2, -0.15) is 0 Å². The van der Waals surface area contributed by atoms with Gasteiger partial charge in [0.25, 0.3) is 5.91 Å². The highest BCUT2D eigenvalue weighted by atomic mass is 35.5. The van der Waals surface area contributed by atoms with E-state index < -0.39 is 6.10 Å². The molecule has 6 heteroatoms. The van der Waals surface area contributed by atoms with E-state index in [1.165, 1.54) is 29.4 Å². The van der Waals surface area contributed by atoms with E-state index in [0.29, 0.717) is 12.0 Å². The summed E-state index contributed by atoms with van der Waals surface area (Å²) in [5.74, 6) is -0.706. The summed E-state index contributed by atoms with van der Waals surface area (Å²) in [6.45, 7) is 0.182. The number of nitrogens with zero attached hydrogens (tertiary/aromatic N) is 1. The normalized spacial score (nSPS) is 21.8. The first kappa shape index (κ1) is 14.1. The average molecular weight is 310 g/mol. The standard InChI is InChI=1S/C15H13ClFNO3/c16-14-12(4-5-21-14)15(20)18-8-11(19)7-13(18)9-2-1-3-10(17)6-9/h1-6,11,13,19H,7-8H2/t11-,13+/m1/s1. The molecule has 1 fully saturated rings. The van der Waals surface area contributed by atoms with E-state index in [2.05, 4.69) is 0 Å². The van der Waals surface area contributed by atoms with Crippen LogP contribution in [0.3, 0.4) is 0 Å². The van der Waals surface area contributed by atoms with Crippen LogP contribution in [0.2, 0.25) is 5.22 Å². The Labute approximate surface area is 125 Å². The van der Waals surface area contributed by atoms with E-state index in [4.69, 9.17) is 16.0 Å². The van der Waals surface area contributed by atoms with Crippen molar-refractivity contribution in [1.29, 1.82) is 0 Å². The Morgan fingerprint density at radius 1 is 1.43 bits per heavy atom. The van der Waals surface area contributed by atoms with Gasteiger partial charge in [-0.15, -0.1) is 0 Å². The zero-order valence-corrected chi connectivity index (χ0v) is 11.8. The van der Waals surface area contributed by atoms with Crippen LogP contribution in [-0.2, 0) is 0 Å². The van der Waals surface area contributed by atoms with Crippen molar-refractivity contribution in [1.82, 2.24) is 4.90 Å². The summed E-state index contributed by atoms with van der Waals surface area (Å²) in [5, 5.41) is 9.89. The number of carbonyl (C=O) groups excluding carboxylic acids is 1. The Hall–Kier alpha value is -1.85. The minimum Gasteiger partial charge on any atom is -0.452 e. The van der Waals surface area contributed by atoms with Gasteiger partial charge in [0.1, 0.15) is 5.82 Å². The lowest BCUT2D eigenvalue weighted by atomic mass is 10.0. The number of halogens is 2. The zero-order valence-electron chi connectivity index (χ0n) is 11.0. The Morgan fingerprint density at radius 3 is 2.90 bits per heavy atom. The van der Waals surface area contributed by atoms with Crippen LogP contribution in [0.25, 0.3) is 0 Å². The number of rotatable bonds is 2. The minimum atomic E-state index is -0.645. The molecule has 1 aromatic heterocycles. The molecule has 0 bridgehead atoms. The van der Waals surface area contributed by atoms with Crippen molar-refractivity contribution in [2.45, 2.75) is 18.6 Å². The molecule has 21 heavy (non-hydrogen) atoms. The van der Waals surface area contributed by atoms with Crippen molar-refractivity contribution >= 4 is 17.5 Å². The molecule has 110 valence electrons. The van der Waals surface area contributed by atoms with Crippen molar-refractivity contribution < 1.29 is 18.7 Å². The fourth-order valence-corrected chi connectivity index (χ4v) is 2.86. The van der Waals surface area contributed by atoms with Crippen LogP contribution >= 0.6 is 11.6 Å². The maximum atomic E-state index is 13.4. The van der Waals surface area contributed by atoms with Gasteiger partial charge in [0, 0.05) is 6.54 Å². The summed E-state index contributed by atoms with van der Waals surface area (Å²) in [4.78, 5) is 14.0. The van der Waals surface area contributed by atoms with E-state index in [-0.39, 0.29) is 35.1 Å². The summed E-state index contributed by atoms with van der Waals surface area (Å²) < 4.78 is 18.3. The number of hydrogen-bond donors (Lipinski definition) is 1. The van der Waals surface area contributed by atoms with Crippen LogP contribution in [0.4, 0.5) is 4.39 Å². The van der Waals surface area contributed by atoms with Gasteiger partial charge >= 0.3 is 0 Å². The third kappa shape index (κ3) is 2.66. The average Bonchev–Trinajstić information content (AvgIpc) is 3.04. The van der Waals surface area contributed by atoms with E-state index in [9.17, 15) is 14.3 Å². The van der Waals surface area contributed by atoms with Gasteiger partial charge in [0.05, 0.1) is 24.0 Å². The first-order chi connectivity index (χ1) is 10.1. The molecule has 0 radical (unpaired) electrons. The highest BCUT2D eigenvalue weighted by molar-refractivity contribution is 6.32. The second kappa shape index (κ2) is 5.50. The molecule has 0 spiro atoms. The molecular formula is C15H13ClFNO3. The fourth-order valence-electron chi connectivity index (χ4n) is 2.67. The molecule has 1 aliphatic rings. The molecule has 2 atom stereocenters. The number of furan rings is 1. The van der Waals surface area contributed by atoms with E-state index in [1.807, 2.05) is 0 Å². The Kier molecular flexibility index (Phi) is 3.69. The van der Waals surface area contributed by atoms with Crippen LogP contribution in [0.1, 0.15) is 28.4 Å². The maximum absolute atomic E-state index is 13.4. The number of carbonyl (C=O) groups is 1. The number of hydrogen-bond acceptors (Lipinski definition) is 3. The molecule has 1 aliphatic heterocycles. The molecule has 3 rings (SSSR count). The quantitative estimate of drug-likeness (QED) is 0.927. The molecule has 1 amide bonds. The smallest absolute Gasteiger partial charge is 0.259 e. The van der Waals surface area contributed by atoms with E-state index in [1.54, 1.807) is 12.1 Å². The third-order valence-electron chi connectivity index (χ3n) is 3.62. The second-order valence-electron chi connectivity index (χ2n) is 5.03. The molecular weight excluding hydrogens is 297 g/mol. The Morgan fingerprint density at radius 2 is 2.24 bits per heavy atom. The van der Waals surface area contributed by atoms with Crippen LogP contribution in [0.5, 0.6) is 0 Å². The van der Waals surface area contributed by atoms with Gasteiger partial charge in [0.15, 0.2) is 0 Å². The number of likely N-dealkylation sites (tertiary alicyclic amines) is 1. The molecule has 2 heterocycles. The molecule has 0 saturated carbocycles. The number of β-amino-alcohol motifs (C(OH)–C–C–N with tert-alkyl or cyclic N) is 1. The molecule has 0 aliphatic carbocycles. The van der Waals surface area contributed by atoms with Crippen molar-refractivity contribution in [3.05, 3.63) is 58.8 Å². The van der Waals surface area contributed by atoms with Crippen molar-refractivity contribution in [3.8, 4) is 0 Å². The van der Waals surface area contributed by atoms with Gasteiger partial charge in [-0.25, -0.2) is 4.39 Å². The minimum absolute atomic E-state index is 0.0133. The predicted molar refractivity (Wildman–Crippen MR) is 74.5 cm³/mol. The molecule has 1 saturated heterocycles. The lowest BCUT2D eigenvalue weighted by Gasteiger charge is -2.24. The van der Waals surface area contributed by atoms with Crippen LogP contribution in [0.15, 0.2) is 41.0 Å². The fraction of sp³-hybridized carbons (Fsp3) is 0.267. The van der Waals surface area contributed by atoms with Crippen LogP contribution < -0.4 is 0 Å². The van der Waals surface area contributed by atoms with Crippen LogP contribution in [-0.4, -0.2) is 28.6 Å². The molecule has 4 nitrogen and oxygen atoms in total. The number of aliphatic hydroxyl groups is 1. The molecule has 2 aromatic rings. The van der Waals surface area contributed by atoms with Gasteiger partial charge in [-0.05, 0) is 41.8 Å². The summed E-state index contributed by atoms with van der Waals surface area (Å²) in [6, 6.07) is 7.15. The monoisotopic (exact) mass is 309 g/mol. The summed E-state index contributed by atoms with van der Waals surface area (Å²) in [6.07, 6.45) is 1.05. The highest BCUT2D eigenvalue weighted by Crippen LogP contribution is 2.34. The summed E-state index contributed by atoms with van der Waals surface area (Å²) >= 11 is 5.83. The van der Waals surface area contributed by atoms with Crippen molar-refractivity contribution in [2.24, 2.45) is 0 Å². The number of aliphatic hydroxyl groups excluding tert-OH is 1. The number of amides is 1.